The van der Waals surface area contributed by atoms with Crippen molar-refractivity contribution in [2.45, 2.75) is 39.0 Å². The van der Waals surface area contributed by atoms with E-state index in [4.69, 9.17) is 9.47 Å². The Morgan fingerprint density at radius 2 is 2.26 bits per heavy atom. The Hall–Kier alpha value is -1.55. The molecule has 1 aromatic rings. The Bertz CT molecular complexity index is 470. The number of amides is 1. The maximum atomic E-state index is 12.4. The van der Waals surface area contributed by atoms with Crippen LogP contribution in [0.3, 0.4) is 0 Å². The fourth-order valence-electron chi connectivity index (χ4n) is 2.54. The van der Waals surface area contributed by atoms with Gasteiger partial charge in [0, 0.05) is 0 Å². The first-order valence-electron chi connectivity index (χ1n) is 6.51. The van der Waals surface area contributed by atoms with Crippen molar-refractivity contribution >= 4 is 5.91 Å². The van der Waals surface area contributed by atoms with Crippen LogP contribution in [0.1, 0.15) is 26.3 Å². The van der Waals surface area contributed by atoms with Crippen LogP contribution in [-0.4, -0.2) is 36.3 Å². The van der Waals surface area contributed by atoms with E-state index in [1.54, 1.807) is 7.11 Å². The second-order valence-corrected chi connectivity index (χ2v) is 5.51. The van der Waals surface area contributed by atoms with Gasteiger partial charge in [-0.25, -0.2) is 0 Å². The number of hydrogen-bond acceptors (Lipinski definition) is 3. The molecular formula is C15H21NO3. The Labute approximate surface area is 114 Å². The van der Waals surface area contributed by atoms with Crippen LogP contribution >= 0.6 is 0 Å². The lowest BCUT2D eigenvalue weighted by atomic mass is 10.0. The van der Waals surface area contributed by atoms with E-state index < -0.39 is 0 Å². The normalized spacial score (nSPS) is 21.5. The molecule has 0 radical (unpaired) electrons. The third-order valence-electron chi connectivity index (χ3n) is 3.45. The predicted molar refractivity (Wildman–Crippen MR) is 73.0 cm³/mol. The van der Waals surface area contributed by atoms with Gasteiger partial charge in [-0.15, -0.1) is 0 Å². The number of rotatable bonds is 3. The van der Waals surface area contributed by atoms with Gasteiger partial charge in [0.1, 0.15) is 12.0 Å². The van der Waals surface area contributed by atoms with Gasteiger partial charge in [0.05, 0.1) is 25.7 Å². The summed E-state index contributed by atoms with van der Waals surface area (Å²) in [5.41, 5.74) is 0.717. The molecule has 1 heterocycles. The molecule has 1 aliphatic heterocycles. The number of methoxy groups -OCH3 is 1. The van der Waals surface area contributed by atoms with E-state index in [1.165, 1.54) is 0 Å². The lowest BCUT2D eigenvalue weighted by Crippen LogP contribution is -2.48. The van der Waals surface area contributed by atoms with Crippen LogP contribution < -0.4 is 4.74 Å². The first-order valence-corrected chi connectivity index (χ1v) is 6.51. The van der Waals surface area contributed by atoms with Gasteiger partial charge < -0.3 is 14.4 Å². The summed E-state index contributed by atoms with van der Waals surface area (Å²) in [5, 5.41) is 0. The number of hydrogen-bond donors (Lipinski definition) is 0. The van der Waals surface area contributed by atoms with Crippen molar-refractivity contribution in [3.8, 4) is 5.75 Å². The van der Waals surface area contributed by atoms with Crippen LogP contribution in [-0.2, 0) is 16.0 Å². The lowest BCUT2D eigenvalue weighted by Gasteiger charge is -2.32. The largest absolute Gasteiger partial charge is 0.497 e. The molecule has 19 heavy (non-hydrogen) atoms. The van der Waals surface area contributed by atoms with E-state index in [0.29, 0.717) is 13.0 Å². The van der Waals surface area contributed by atoms with Gasteiger partial charge >= 0.3 is 0 Å². The molecule has 0 spiro atoms. The Balaban J connectivity index is 2.12. The average molecular weight is 263 g/mol. The molecule has 0 saturated carbocycles. The second kappa shape index (κ2) is 5.21. The Morgan fingerprint density at radius 3 is 2.84 bits per heavy atom. The number of ether oxygens (including phenoxy) is 2. The summed E-state index contributed by atoms with van der Waals surface area (Å²) < 4.78 is 10.7. The minimum Gasteiger partial charge on any atom is -0.497 e. The molecule has 1 saturated heterocycles. The molecule has 1 unspecified atom stereocenters. The molecule has 1 amide bonds. The number of carbonyl (C=O) groups is 1. The van der Waals surface area contributed by atoms with Crippen molar-refractivity contribution in [2.75, 3.05) is 13.7 Å². The summed E-state index contributed by atoms with van der Waals surface area (Å²) >= 11 is 0. The summed E-state index contributed by atoms with van der Waals surface area (Å²) in [7, 11) is 1.63. The van der Waals surface area contributed by atoms with Gasteiger partial charge in [-0.1, -0.05) is 12.1 Å². The van der Waals surface area contributed by atoms with Crippen molar-refractivity contribution in [3.05, 3.63) is 29.8 Å². The van der Waals surface area contributed by atoms with Gasteiger partial charge in [0.2, 0.25) is 5.91 Å². The molecule has 4 nitrogen and oxygen atoms in total. The van der Waals surface area contributed by atoms with Gasteiger partial charge in [0.25, 0.3) is 0 Å². The number of benzene rings is 1. The molecule has 1 aliphatic rings. The quantitative estimate of drug-likeness (QED) is 0.839. The fraction of sp³-hybridized carbons (Fsp3) is 0.533. The van der Waals surface area contributed by atoms with Crippen LogP contribution in [0, 0.1) is 0 Å². The van der Waals surface area contributed by atoms with Crippen molar-refractivity contribution in [3.63, 3.8) is 0 Å². The molecule has 0 N–H and O–H groups in total. The topological polar surface area (TPSA) is 38.8 Å². The van der Waals surface area contributed by atoms with E-state index in [0.717, 1.165) is 11.3 Å². The molecule has 1 aromatic carbocycles. The summed E-state index contributed by atoms with van der Waals surface area (Å²) in [5.74, 6) is 0.860. The van der Waals surface area contributed by atoms with Crippen LogP contribution in [0.2, 0.25) is 0 Å². The summed E-state index contributed by atoms with van der Waals surface area (Å²) in [6.45, 7) is 6.55. The lowest BCUT2D eigenvalue weighted by molar-refractivity contribution is -0.138. The summed E-state index contributed by atoms with van der Waals surface area (Å²) in [6, 6.07) is 7.61. The van der Waals surface area contributed by atoms with Gasteiger partial charge in [-0.2, -0.15) is 0 Å². The SMILES string of the molecule is COc1cccc(CC(=O)N2C(C)OCC2(C)C)c1. The average Bonchev–Trinajstić information content (AvgIpc) is 2.63. The maximum absolute atomic E-state index is 12.4. The highest BCUT2D eigenvalue weighted by Gasteiger charge is 2.41. The maximum Gasteiger partial charge on any atom is 0.229 e. The summed E-state index contributed by atoms with van der Waals surface area (Å²) in [4.78, 5) is 14.3. The van der Waals surface area contributed by atoms with Gasteiger partial charge in [0.15, 0.2) is 0 Å². The molecule has 1 atom stereocenters. The molecule has 4 heteroatoms. The van der Waals surface area contributed by atoms with Crippen LogP contribution in [0.5, 0.6) is 5.75 Å². The zero-order valence-corrected chi connectivity index (χ0v) is 12.0. The smallest absolute Gasteiger partial charge is 0.229 e. The Morgan fingerprint density at radius 1 is 1.53 bits per heavy atom. The molecule has 0 bridgehead atoms. The molecule has 104 valence electrons. The van der Waals surface area contributed by atoms with Gasteiger partial charge in [-0.3, -0.25) is 4.79 Å². The van der Waals surface area contributed by atoms with Crippen LogP contribution in [0.25, 0.3) is 0 Å². The Kier molecular flexibility index (Phi) is 3.80. The standard InChI is InChI=1S/C15H21NO3/c1-11-16(15(2,3)10-19-11)14(17)9-12-6-5-7-13(8-12)18-4/h5-8,11H,9-10H2,1-4H3. The highest BCUT2D eigenvalue weighted by Crippen LogP contribution is 2.27. The van der Waals surface area contributed by atoms with Crippen LogP contribution in [0.4, 0.5) is 0 Å². The third kappa shape index (κ3) is 2.89. The van der Waals surface area contributed by atoms with E-state index in [1.807, 2.05) is 49.9 Å². The van der Waals surface area contributed by atoms with Gasteiger partial charge in [-0.05, 0) is 38.5 Å². The van der Waals surface area contributed by atoms with Crippen molar-refractivity contribution in [1.82, 2.24) is 4.90 Å². The van der Waals surface area contributed by atoms with Crippen molar-refractivity contribution in [1.29, 1.82) is 0 Å². The highest BCUT2D eigenvalue weighted by molar-refractivity contribution is 5.80. The molecule has 0 aliphatic carbocycles. The van der Waals surface area contributed by atoms with E-state index >= 15 is 0 Å². The summed E-state index contributed by atoms with van der Waals surface area (Å²) in [6.07, 6.45) is 0.210. The van der Waals surface area contributed by atoms with E-state index in [-0.39, 0.29) is 17.7 Å². The van der Waals surface area contributed by atoms with E-state index in [9.17, 15) is 4.79 Å². The number of carbonyl (C=O) groups excluding carboxylic acids is 1. The minimum absolute atomic E-state index is 0.0863. The van der Waals surface area contributed by atoms with Crippen LogP contribution in [0.15, 0.2) is 24.3 Å². The second-order valence-electron chi connectivity index (χ2n) is 5.51. The number of nitrogens with zero attached hydrogens (tertiary/aromatic N) is 1. The zero-order valence-electron chi connectivity index (χ0n) is 12.0. The zero-order chi connectivity index (χ0) is 14.0. The monoisotopic (exact) mass is 263 g/mol. The first kappa shape index (κ1) is 13.9. The van der Waals surface area contributed by atoms with Crippen molar-refractivity contribution in [2.24, 2.45) is 0 Å². The first-order chi connectivity index (χ1) is 8.94. The highest BCUT2D eigenvalue weighted by atomic mass is 16.5. The molecule has 0 aromatic heterocycles. The minimum atomic E-state index is -0.241. The molecular weight excluding hydrogens is 242 g/mol. The molecule has 2 rings (SSSR count). The fourth-order valence-corrected chi connectivity index (χ4v) is 2.54. The predicted octanol–water partition coefficient (Wildman–Crippen LogP) is 2.22. The van der Waals surface area contributed by atoms with E-state index in [2.05, 4.69) is 0 Å². The van der Waals surface area contributed by atoms with Crippen molar-refractivity contribution < 1.29 is 14.3 Å². The third-order valence-corrected chi connectivity index (χ3v) is 3.45. The molecule has 1 fully saturated rings.